The lowest BCUT2D eigenvalue weighted by molar-refractivity contribution is 0.0636. The highest BCUT2D eigenvalue weighted by Crippen LogP contribution is 2.23. The highest BCUT2D eigenvalue weighted by atomic mass is 35.5. The van der Waals surface area contributed by atoms with Crippen LogP contribution in [0.2, 0.25) is 4.47 Å². The number of amides is 1. The number of hydrogen-bond donors (Lipinski definition) is 2. The molecule has 0 aliphatic rings. The van der Waals surface area contributed by atoms with Crippen molar-refractivity contribution in [3.8, 4) is 0 Å². The van der Waals surface area contributed by atoms with Crippen molar-refractivity contribution >= 4 is 40.4 Å². The third-order valence-corrected chi connectivity index (χ3v) is 3.97. The standard InChI is InChI=1S/C16H20ClN3O2S/c1-10-7-11(18-8-12-9-19-14(17)23-12)5-6-13(10)20-15(21)22-16(2,3)4/h5-7,9,18H,8H2,1-4H3,(H,20,21). The van der Waals surface area contributed by atoms with Gasteiger partial charge in [0, 0.05) is 22.4 Å². The molecule has 0 fully saturated rings. The molecule has 2 N–H and O–H groups in total. The van der Waals surface area contributed by atoms with Gasteiger partial charge in [-0.25, -0.2) is 9.78 Å². The van der Waals surface area contributed by atoms with E-state index < -0.39 is 11.7 Å². The van der Waals surface area contributed by atoms with Crippen molar-refractivity contribution in [1.29, 1.82) is 0 Å². The molecule has 5 nitrogen and oxygen atoms in total. The minimum absolute atomic E-state index is 0.458. The Morgan fingerprint density at radius 2 is 2.13 bits per heavy atom. The molecule has 1 heterocycles. The lowest BCUT2D eigenvalue weighted by Gasteiger charge is -2.20. The van der Waals surface area contributed by atoms with E-state index in [9.17, 15) is 4.79 Å². The number of carbonyl (C=O) groups excluding carboxylic acids is 1. The Morgan fingerprint density at radius 1 is 1.39 bits per heavy atom. The summed E-state index contributed by atoms with van der Waals surface area (Å²) in [6.45, 7) is 8.08. The SMILES string of the molecule is Cc1cc(NCc2cnc(Cl)s2)ccc1NC(=O)OC(C)(C)C. The quantitative estimate of drug-likeness (QED) is 0.806. The number of anilines is 2. The zero-order chi connectivity index (χ0) is 17.0. The highest BCUT2D eigenvalue weighted by Gasteiger charge is 2.16. The van der Waals surface area contributed by atoms with Gasteiger partial charge in [-0.1, -0.05) is 11.6 Å². The Balaban J connectivity index is 1.96. The number of benzene rings is 1. The minimum atomic E-state index is -0.518. The van der Waals surface area contributed by atoms with Crippen LogP contribution < -0.4 is 10.6 Å². The second-order valence-electron chi connectivity index (χ2n) is 6.09. The molecule has 7 heteroatoms. The number of nitrogens with zero attached hydrogens (tertiary/aromatic N) is 1. The van der Waals surface area contributed by atoms with Crippen LogP contribution >= 0.6 is 22.9 Å². The maximum atomic E-state index is 11.8. The van der Waals surface area contributed by atoms with Gasteiger partial charge >= 0.3 is 6.09 Å². The summed E-state index contributed by atoms with van der Waals surface area (Å²) in [5.41, 5.74) is 2.12. The van der Waals surface area contributed by atoms with Gasteiger partial charge in [0.1, 0.15) is 5.60 Å². The Bertz CT molecular complexity index is 695. The van der Waals surface area contributed by atoms with E-state index in [0.29, 0.717) is 11.0 Å². The number of ether oxygens (including phenoxy) is 1. The zero-order valence-corrected chi connectivity index (χ0v) is 15.1. The van der Waals surface area contributed by atoms with E-state index in [2.05, 4.69) is 15.6 Å². The summed E-state index contributed by atoms with van der Waals surface area (Å²) in [7, 11) is 0. The maximum absolute atomic E-state index is 11.8. The van der Waals surface area contributed by atoms with Gasteiger partial charge in [0.15, 0.2) is 4.47 Å². The molecule has 2 aromatic rings. The summed E-state index contributed by atoms with van der Waals surface area (Å²) in [6.07, 6.45) is 1.30. The number of rotatable bonds is 4. The molecule has 1 aromatic heterocycles. The summed E-state index contributed by atoms with van der Waals surface area (Å²) in [6, 6.07) is 5.72. The zero-order valence-electron chi connectivity index (χ0n) is 13.6. The van der Waals surface area contributed by atoms with E-state index in [1.807, 2.05) is 45.9 Å². The van der Waals surface area contributed by atoms with Crippen molar-refractivity contribution in [2.24, 2.45) is 0 Å². The Hall–Kier alpha value is -1.79. The van der Waals surface area contributed by atoms with Gasteiger partial charge in [0.25, 0.3) is 0 Å². The van der Waals surface area contributed by atoms with Crippen molar-refractivity contribution < 1.29 is 9.53 Å². The first-order valence-electron chi connectivity index (χ1n) is 7.18. The molecule has 0 spiro atoms. The van der Waals surface area contributed by atoms with Crippen LogP contribution in [-0.4, -0.2) is 16.7 Å². The summed E-state index contributed by atoms with van der Waals surface area (Å²) < 4.78 is 5.79. The van der Waals surface area contributed by atoms with Crippen molar-refractivity contribution in [2.75, 3.05) is 10.6 Å². The third kappa shape index (κ3) is 5.73. The van der Waals surface area contributed by atoms with Gasteiger partial charge in [0.05, 0.1) is 6.54 Å². The third-order valence-electron chi connectivity index (χ3n) is 2.85. The number of halogens is 1. The number of nitrogens with one attached hydrogen (secondary N) is 2. The van der Waals surface area contributed by atoms with Gasteiger partial charge in [0.2, 0.25) is 0 Å². The second-order valence-corrected chi connectivity index (χ2v) is 7.79. The number of aromatic nitrogens is 1. The summed E-state index contributed by atoms with van der Waals surface area (Å²) in [4.78, 5) is 16.9. The molecule has 1 amide bonds. The molecule has 0 radical (unpaired) electrons. The molecule has 0 aliphatic heterocycles. The van der Waals surface area contributed by atoms with Crippen LogP contribution in [-0.2, 0) is 11.3 Å². The Labute approximate surface area is 145 Å². The van der Waals surface area contributed by atoms with Crippen molar-refractivity contribution in [2.45, 2.75) is 39.8 Å². The van der Waals surface area contributed by atoms with Crippen LogP contribution in [0.5, 0.6) is 0 Å². The predicted molar refractivity (Wildman–Crippen MR) is 95.5 cm³/mol. The van der Waals surface area contributed by atoms with Gasteiger partial charge in [-0.2, -0.15) is 0 Å². The summed E-state index contributed by atoms with van der Waals surface area (Å²) >= 11 is 7.26. The fourth-order valence-electron chi connectivity index (χ4n) is 1.88. The van der Waals surface area contributed by atoms with E-state index in [0.717, 1.165) is 21.8 Å². The lowest BCUT2D eigenvalue weighted by atomic mass is 10.1. The molecule has 0 saturated carbocycles. The van der Waals surface area contributed by atoms with Crippen LogP contribution in [0.15, 0.2) is 24.4 Å². The number of carbonyl (C=O) groups is 1. The molecule has 0 aliphatic carbocycles. The van der Waals surface area contributed by atoms with Gasteiger partial charge in [-0.05, 0) is 51.5 Å². The van der Waals surface area contributed by atoms with Crippen LogP contribution in [0.1, 0.15) is 31.2 Å². The number of hydrogen-bond acceptors (Lipinski definition) is 5. The molecule has 0 unspecified atom stereocenters. The van der Waals surface area contributed by atoms with E-state index in [4.69, 9.17) is 16.3 Å². The molecule has 1 aromatic carbocycles. The average molecular weight is 354 g/mol. The molecular formula is C16H20ClN3O2S. The Kier molecular flexibility index (Phi) is 5.49. The molecule has 23 heavy (non-hydrogen) atoms. The second kappa shape index (κ2) is 7.19. The normalized spacial score (nSPS) is 11.2. The van der Waals surface area contributed by atoms with Crippen molar-refractivity contribution in [3.63, 3.8) is 0 Å². The largest absolute Gasteiger partial charge is 0.444 e. The fraction of sp³-hybridized carbons (Fsp3) is 0.375. The molecule has 0 saturated heterocycles. The molecule has 2 rings (SSSR count). The monoisotopic (exact) mass is 353 g/mol. The smallest absolute Gasteiger partial charge is 0.412 e. The Morgan fingerprint density at radius 3 is 2.70 bits per heavy atom. The van der Waals surface area contributed by atoms with Crippen molar-refractivity contribution in [1.82, 2.24) is 4.98 Å². The number of thiazole rings is 1. The topological polar surface area (TPSA) is 63.2 Å². The first-order valence-corrected chi connectivity index (χ1v) is 8.37. The van der Waals surface area contributed by atoms with Crippen LogP contribution in [0.4, 0.5) is 16.2 Å². The predicted octanol–water partition coefficient (Wildman–Crippen LogP) is 5.06. The first kappa shape index (κ1) is 17.6. The van der Waals surface area contributed by atoms with Gasteiger partial charge in [-0.15, -0.1) is 11.3 Å². The van der Waals surface area contributed by atoms with Crippen LogP contribution in [0, 0.1) is 6.92 Å². The molecule has 0 bridgehead atoms. The molecule has 124 valence electrons. The van der Waals surface area contributed by atoms with Gasteiger partial charge < -0.3 is 10.1 Å². The van der Waals surface area contributed by atoms with E-state index >= 15 is 0 Å². The number of aryl methyl sites for hydroxylation is 1. The average Bonchev–Trinajstić information content (AvgIpc) is 2.83. The van der Waals surface area contributed by atoms with Crippen LogP contribution in [0.3, 0.4) is 0 Å². The first-order chi connectivity index (χ1) is 10.7. The lowest BCUT2D eigenvalue weighted by Crippen LogP contribution is -2.27. The van der Waals surface area contributed by atoms with Crippen LogP contribution in [0.25, 0.3) is 0 Å². The molecule has 0 atom stereocenters. The fourth-order valence-corrected chi connectivity index (χ4v) is 2.80. The highest BCUT2D eigenvalue weighted by molar-refractivity contribution is 7.15. The van der Waals surface area contributed by atoms with E-state index in [-0.39, 0.29) is 0 Å². The van der Waals surface area contributed by atoms with Gasteiger partial charge in [-0.3, -0.25) is 5.32 Å². The van der Waals surface area contributed by atoms with E-state index in [1.54, 1.807) is 6.20 Å². The minimum Gasteiger partial charge on any atom is -0.444 e. The summed E-state index contributed by atoms with van der Waals surface area (Å²) in [5, 5.41) is 6.06. The van der Waals surface area contributed by atoms with E-state index in [1.165, 1.54) is 11.3 Å². The maximum Gasteiger partial charge on any atom is 0.412 e. The molecular weight excluding hydrogens is 334 g/mol. The summed E-state index contributed by atoms with van der Waals surface area (Å²) in [5.74, 6) is 0. The van der Waals surface area contributed by atoms with Crippen molar-refractivity contribution in [3.05, 3.63) is 39.3 Å².